The van der Waals surface area contributed by atoms with Gasteiger partial charge in [0.2, 0.25) is 5.91 Å². The predicted molar refractivity (Wildman–Crippen MR) is 154 cm³/mol. The number of benzene rings is 1. The van der Waals surface area contributed by atoms with Crippen molar-refractivity contribution in [3.63, 3.8) is 0 Å². The second-order valence-corrected chi connectivity index (χ2v) is 13.2. The van der Waals surface area contributed by atoms with E-state index in [0.29, 0.717) is 26.2 Å². The van der Waals surface area contributed by atoms with Crippen LogP contribution < -0.4 is 4.90 Å². The summed E-state index contributed by atoms with van der Waals surface area (Å²) in [4.78, 5) is 46.8. The molecule has 1 atom stereocenters. The molecule has 0 unspecified atom stereocenters. The Morgan fingerprint density at radius 3 is 2.05 bits per heavy atom. The van der Waals surface area contributed by atoms with Crippen molar-refractivity contribution in [3.05, 3.63) is 27.2 Å². The van der Waals surface area contributed by atoms with Crippen molar-refractivity contribution >= 4 is 58.6 Å². The first kappa shape index (κ1) is 31.6. The summed E-state index contributed by atoms with van der Waals surface area (Å²) in [5, 5.41) is 0.575. The second kappa shape index (κ2) is 12.7. The largest absolute Gasteiger partial charge is 0.444 e. The molecular weight excluding hydrogens is 567 g/mol. The molecule has 2 saturated heterocycles. The molecular formula is C27H39Cl3N4O5. The van der Waals surface area contributed by atoms with E-state index in [1.54, 1.807) is 30.6 Å². The highest BCUT2D eigenvalue weighted by molar-refractivity contribution is 6.44. The molecule has 0 saturated carbocycles. The molecule has 0 N–H and O–H groups in total. The van der Waals surface area contributed by atoms with Crippen LogP contribution in [-0.2, 0) is 14.3 Å². The molecule has 39 heavy (non-hydrogen) atoms. The monoisotopic (exact) mass is 604 g/mol. The molecule has 0 bridgehead atoms. The second-order valence-electron chi connectivity index (χ2n) is 12.0. The lowest BCUT2D eigenvalue weighted by Gasteiger charge is -2.43. The highest BCUT2D eigenvalue weighted by Gasteiger charge is 2.37. The molecule has 0 spiro atoms. The first-order chi connectivity index (χ1) is 18.0. The van der Waals surface area contributed by atoms with E-state index in [9.17, 15) is 14.4 Å². The molecule has 0 radical (unpaired) electrons. The van der Waals surface area contributed by atoms with E-state index in [1.165, 1.54) is 17.0 Å². The molecule has 0 aliphatic carbocycles. The van der Waals surface area contributed by atoms with E-state index in [1.807, 2.05) is 20.8 Å². The molecule has 1 aromatic carbocycles. The van der Waals surface area contributed by atoms with E-state index in [-0.39, 0.29) is 39.2 Å². The number of likely N-dealkylation sites (tertiary alicyclic amines) is 1. The Labute approximate surface area is 246 Å². The summed E-state index contributed by atoms with van der Waals surface area (Å²) in [6, 6.07) is 2.60. The molecule has 2 aliphatic rings. The van der Waals surface area contributed by atoms with Crippen molar-refractivity contribution < 1.29 is 23.9 Å². The van der Waals surface area contributed by atoms with Crippen molar-refractivity contribution in [1.29, 1.82) is 0 Å². The standard InChI is InChI=1S/C27H39Cl3N4O5/c1-26(2,3)38-24(36)32-11-12-33(18(16-32)15-31-9-7-8-10-31)23(35)17-34(25(37)39-27(4,5)6)22-14-20(29)19(28)13-21(22)30/h13-14,18H,7-12,15-17H2,1-6H3/t18-/m0/s1. The zero-order chi connectivity index (χ0) is 29.1. The van der Waals surface area contributed by atoms with Crippen LogP contribution in [0.1, 0.15) is 54.4 Å². The zero-order valence-electron chi connectivity index (χ0n) is 23.6. The summed E-state index contributed by atoms with van der Waals surface area (Å²) >= 11 is 18.8. The van der Waals surface area contributed by atoms with Gasteiger partial charge < -0.3 is 24.2 Å². The third kappa shape index (κ3) is 9.03. The number of anilines is 1. The predicted octanol–water partition coefficient (Wildman–Crippen LogP) is 5.93. The zero-order valence-corrected chi connectivity index (χ0v) is 25.8. The minimum absolute atomic E-state index is 0.159. The first-order valence-electron chi connectivity index (χ1n) is 13.2. The minimum atomic E-state index is -0.807. The average Bonchev–Trinajstić information content (AvgIpc) is 3.30. The maximum absolute atomic E-state index is 13.8. The summed E-state index contributed by atoms with van der Waals surface area (Å²) in [6.07, 6.45) is 1.05. The molecule has 2 aliphatic heterocycles. The molecule has 2 fully saturated rings. The van der Waals surface area contributed by atoms with Crippen molar-refractivity contribution in [1.82, 2.24) is 14.7 Å². The topological polar surface area (TPSA) is 82.6 Å². The maximum Gasteiger partial charge on any atom is 0.415 e. The molecule has 9 nitrogen and oxygen atoms in total. The maximum atomic E-state index is 13.8. The van der Waals surface area contributed by atoms with Crippen LogP contribution in [0.3, 0.4) is 0 Å². The summed E-state index contributed by atoms with van der Waals surface area (Å²) in [5.74, 6) is -0.295. The van der Waals surface area contributed by atoms with Gasteiger partial charge in [-0.2, -0.15) is 0 Å². The quantitative estimate of drug-likeness (QED) is 0.387. The Hall–Kier alpha value is -1.94. The minimum Gasteiger partial charge on any atom is -0.444 e. The van der Waals surface area contributed by atoms with Gasteiger partial charge in [-0.1, -0.05) is 34.8 Å². The van der Waals surface area contributed by atoms with Crippen molar-refractivity contribution in [2.45, 2.75) is 71.6 Å². The number of amides is 3. The van der Waals surface area contributed by atoms with E-state index in [0.717, 1.165) is 25.9 Å². The van der Waals surface area contributed by atoms with Crippen molar-refractivity contribution in [2.75, 3.05) is 50.7 Å². The van der Waals surface area contributed by atoms with E-state index in [2.05, 4.69) is 4.90 Å². The number of ether oxygens (including phenoxy) is 2. The van der Waals surface area contributed by atoms with Gasteiger partial charge in [-0.05, 0) is 79.6 Å². The molecule has 3 amide bonds. The molecule has 0 aromatic heterocycles. The molecule has 3 rings (SSSR count). The van der Waals surface area contributed by atoms with Gasteiger partial charge in [-0.15, -0.1) is 0 Å². The smallest absolute Gasteiger partial charge is 0.415 e. The molecule has 2 heterocycles. The Morgan fingerprint density at radius 1 is 0.872 bits per heavy atom. The highest BCUT2D eigenvalue weighted by Crippen LogP contribution is 2.35. The number of carbonyl (C=O) groups is 3. The van der Waals surface area contributed by atoms with Gasteiger partial charge >= 0.3 is 12.2 Å². The van der Waals surface area contributed by atoms with Crippen molar-refractivity contribution in [2.24, 2.45) is 0 Å². The summed E-state index contributed by atoms with van der Waals surface area (Å²) < 4.78 is 11.2. The van der Waals surface area contributed by atoms with E-state index < -0.39 is 23.4 Å². The lowest BCUT2D eigenvalue weighted by Crippen LogP contribution is -2.61. The molecule has 218 valence electrons. The fourth-order valence-corrected chi connectivity index (χ4v) is 5.25. The van der Waals surface area contributed by atoms with Crippen molar-refractivity contribution in [3.8, 4) is 0 Å². The molecule has 1 aromatic rings. The SMILES string of the molecule is CC(C)(C)OC(=O)N1CCN(C(=O)CN(C(=O)OC(C)(C)C)c2cc(Cl)c(Cl)cc2Cl)[C@@H](CN2CCCC2)C1. The Kier molecular flexibility index (Phi) is 10.3. The summed E-state index contributed by atoms with van der Waals surface area (Å²) in [7, 11) is 0. The highest BCUT2D eigenvalue weighted by atomic mass is 35.5. The van der Waals surface area contributed by atoms with Gasteiger partial charge in [-0.3, -0.25) is 9.69 Å². The number of piperazine rings is 1. The third-order valence-electron chi connectivity index (χ3n) is 6.31. The third-order valence-corrected chi connectivity index (χ3v) is 7.34. The Bertz CT molecular complexity index is 1070. The van der Waals surface area contributed by atoms with Gasteiger partial charge in [0.15, 0.2) is 0 Å². The average molecular weight is 606 g/mol. The normalized spacial score (nSPS) is 18.7. The van der Waals surface area contributed by atoms with Gasteiger partial charge in [0.1, 0.15) is 17.7 Å². The lowest BCUT2D eigenvalue weighted by atomic mass is 10.1. The van der Waals surface area contributed by atoms with E-state index >= 15 is 0 Å². The number of rotatable bonds is 5. The Morgan fingerprint density at radius 2 is 1.46 bits per heavy atom. The van der Waals surface area contributed by atoms with Crippen LogP contribution in [0, 0.1) is 0 Å². The number of hydrogen-bond acceptors (Lipinski definition) is 6. The van der Waals surface area contributed by atoms with Gasteiger partial charge in [0, 0.05) is 26.2 Å². The molecule has 12 heteroatoms. The van der Waals surface area contributed by atoms with Crippen LogP contribution in [0.4, 0.5) is 15.3 Å². The van der Waals surface area contributed by atoms with Gasteiger partial charge in [0.25, 0.3) is 0 Å². The van der Waals surface area contributed by atoms with Gasteiger partial charge in [-0.25, -0.2) is 9.59 Å². The number of hydrogen-bond donors (Lipinski definition) is 0. The van der Waals surface area contributed by atoms with Crippen LogP contribution in [-0.4, -0.2) is 95.9 Å². The van der Waals surface area contributed by atoms with E-state index in [4.69, 9.17) is 44.3 Å². The van der Waals surface area contributed by atoms with Crippen LogP contribution >= 0.6 is 34.8 Å². The lowest BCUT2D eigenvalue weighted by molar-refractivity contribution is -0.135. The fraction of sp³-hybridized carbons (Fsp3) is 0.667. The van der Waals surface area contributed by atoms with Crippen LogP contribution in [0.5, 0.6) is 0 Å². The first-order valence-corrected chi connectivity index (χ1v) is 14.3. The van der Waals surface area contributed by atoms with Crippen LogP contribution in [0.15, 0.2) is 12.1 Å². The fourth-order valence-electron chi connectivity index (χ4n) is 4.61. The summed E-state index contributed by atoms with van der Waals surface area (Å²) in [6.45, 7) is 13.8. The van der Waals surface area contributed by atoms with Crippen LogP contribution in [0.25, 0.3) is 0 Å². The summed E-state index contributed by atoms with van der Waals surface area (Å²) in [5.41, 5.74) is -1.21. The number of carbonyl (C=O) groups excluding carboxylic acids is 3. The number of halogens is 3. The Balaban J connectivity index is 1.86. The van der Waals surface area contributed by atoms with Crippen LogP contribution in [0.2, 0.25) is 15.1 Å². The number of nitrogens with zero attached hydrogens (tertiary/aromatic N) is 4. The van der Waals surface area contributed by atoms with Gasteiger partial charge in [0.05, 0.1) is 26.8 Å².